The first-order chi connectivity index (χ1) is 9.54. The highest BCUT2D eigenvalue weighted by Gasteiger charge is 2.29. The summed E-state index contributed by atoms with van der Waals surface area (Å²) in [5, 5.41) is 12.6. The van der Waals surface area contributed by atoms with Gasteiger partial charge in [0.2, 0.25) is 5.91 Å². The molecule has 1 unspecified atom stereocenters. The van der Waals surface area contributed by atoms with Crippen LogP contribution in [0.3, 0.4) is 0 Å². The average Bonchev–Trinajstić information content (AvgIpc) is 3.21. The Balaban J connectivity index is 1.77. The predicted octanol–water partition coefficient (Wildman–Crippen LogP) is 1.34. The Labute approximate surface area is 119 Å². The van der Waals surface area contributed by atoms with Crippen LogP contribution in [0, 0.1) is 5.92 Å². The van der Waals surface area contributed by atoms with E-state index in [9.17, 15) is 9.90 Å². The summed E-state index contributed by atoms with van der Waals surface area (Å²) in [7, 11) is 3.81. The Kier molecular flexibility index (Phi) is 4.98. The zero-order valence-electron chi connectivity index (χ0n) is 12.0. The molecule has 0 aliphatic heterocycles. The van der Waals surface area contributed by atoms with Gasteiger partial charge in [0.15, 0.2) is 0 Å². The first-order valence-corrected chi connectivity index (χ1v) is 6.91. The van der Waals surface area contributed by atoms with Crippen molar-refractivity contribution in [3.8, 4) is 5.75 Å². The van der Waals surface area contributed by atoms with Crippen LogP contribution in [-0.4, -0.2) is 49.3 Å². The molecular formula is C15H22N2O3. The number of hydrogen-bond donors (Lipinski definition) is 2. The van der Waals surface area contributed by atoms with Crippen LogP contribution in [0.1, 0.15) is 12.8 Å². The molecule has 1 aliphatic carbocycles. The Hall–Kier alpha value is -1.59. The van der Waals surface area contributed by atoms with Crippen molar-refractivity contribution in [1.29, 1.82) is 0 Å². The molecule has 1 aromatic rings. The van der Waals surface area contributed by atoms with Crippen molar-refractivity contribution in [3.63, 3.8) is 0 Å². The number of nitrogens with one attached hydrogen (secondary N) is 1. The zero-order valence-corrected chi connectivity index (χ0v) is 12.0. The Morgan fingerprint density at radius 3 is 2.60 bits per heavy atom. The third kappa shape index (κ3) is 4.83. The highest BCUT2D eigenvalue weighted by atomic mass is 16.5. The van der Waals surface area contributed by atoms with Crippen LogP contribution >= 0.6 is 0 Å². The molecule has 5 nitrogen and oxygen atoms in total. The van der Waals surface area contributed by atoms with E-state index >= 15 is 0 Å². The molecule has 1 aliphatic rings. The van der Waals surface area contributed by atoms with Gasteiger partial charge in [-0.1, -0.05) is 0 Å². The van der Waals surface area contributed by atoms with E-state index in [0.29, 0.717) is 12.3 Å². The summed E-state index contributed by atoms with van der Waals surface area (Å²) in [5.74, 6) is 0.986. The molecule has 1 amide bonds. The SMILES string of the molecule is CN(C)CC(O)COc1ccc(NC(=O)C2CC2)cc1. The number of nitrogens with zero attached hydrogens (tertiary/aromatic N) is 1. The van der Waals surface area contributed by atoms with Gasteiger partial charge in [-0.25, -0.2) is 0 Å². The van der Waals surface area contributed by atoms with Crippen LogP contribution in [0.5, 0.6) is 5.75 Å². The molecule has 1 saturated carbocycles. The highest BCUT2D eigenvalue weighted by Crippen LogP contribution is 2.30. The molecule has 0 radical (unpaired) electrons. The molecule has 20 heavy (non-hydrogen) atoms. The summed E-state index contributed by atoms with van der Waals surface area (Å²) in [5.41, 5.74) is 0.781. The van der Waals surface area contributed by atoms with Crippen molar-refractivity contribution in [2.45, 2.75) is 18.9 Å². The van der Waals surface area contributed by atoms with E-state index in [1.807, 2.05) is 31.1 Å². The standard InChI is InChI=1S/C15H22N2O3/c1-17(2)9-13(18)10-20-14-7-5-12(6-8-14)16-15(19)11-3-4-11/h5-8,11,13,18H,3-4,9-10H2,1-2H3,(H,16,19). The Bertz CT molecular complexity index is 441. The lowest BCUT2D eigenvalue weighted by atomic mass is 10.3. The Morgan fingerprint density at radius 2 is 2.05 bits per heavy atom. The highest BCUT2D eigenvalue weighted by molar-refractivity contribution is 5.94. The first-order valence-electron chi connectivity index (χ1n) is 6.91. The average molecular weight is 278 g/mol. The molecule has 1 fully saturated rings. The Morgan fingerprint density at radius 1 is 1.40 bits per heavy atom. The fourth-order valence-electron chi connectivity index (χ4n) is 1.89. The topological polar surface area (TPSA) is 61.8 Å². The number of rotatable bonds is 7. The van der Waals surface area contributed by atoms with E-state index in [4.69, 9.17) is 4.74 Å². The van der Waals surface area contributed by atoms with E-state index in [2.05, 4.69) is 5.32 Å². The van der Waals surface area contributed by atoms with E-state index in [1.54, 1.807) is 12.1 Å². The number of aliphatic hydroxyl groups is 1. The zero-order chi connectivity index (χ0) is 14.5. The third-order valence-corrected chi connectivity index (χ3v) is 3.09. The van der Waals surface area contributed by atoms with Crippen LogP contribution in [0.2, 0.25) is 0 Å². The third-order valence-electron chi connectivity index (χ3n) is 3.09. The van der Waals surface area contributed by atoms with Crippen molar-refractivity contribution in [1.82, 2.24) is 4.90 Å². The largest absolute Gasteiger partial charge is 0.491 e. The monoisotopic (exact) mass is 278 g/mol. The van der Waals surface area contributed by atoms with E-state index in [1.165, 1.54) is 0 Å². The number of carbonyl (C=O) groups is 1. The normalized spacial score (nSPS) is 16.0. The van der Waals surface area contributed by atoms with E-state index in [0.717, 1.165) is 18.5 Å². The van der Waals surface area contributed by atoms with Crippen molar-refractivity contribution in [3.05, 3.63) is 24.3 Å². The van der Waals surface area contributed by atoms with Crippen LogP contribution in [0.15, 0.2) is 24.3 Å². The van der Waals surface area contributed by atoms with Crippen molar-refractivity contribution >= 4 is 11.6 Å². The van der Waals surface area contributed by atoms with Gasteiger partial charge in [0, 0.05) is 18.2 Å². The van der Waals surface area contributed by atoms with Crippen LogP contribution in [0.25, 0.3) is 0 Å². The molecule has 1 atom stereocenters. The second kappa shape index (κ2) is 6.72. The quantitative estimate of drug-likeness (QED) is 0.790. The molecule has 2 N–H and O–H groups in total. The van der Waals surface area contributed by atoms with Crippen LogP contribution < -0.4 is 10.1 Å². The number of aliphatic hydroxyl groups excluding tert-OH is 1. The number of likely N-dealkylation sites (N-methyl/N-ethyl adjacent to an activating group) is 1. The second-order valence-electron chi connectivity index (χ2n) is 5.51. The first kappa shape index (κ1) is 14.8. The van der Waals surface area contributed by atoms with Crippen molar-refractivity contribution in [2.75, 3.05) is 32.6 Å². The van der Waals surface area contributed by atoms with Gasteiger partial charge in [-0.05, 0) is 51.2 Å². The maximum absolute atomic E-state index is 11.6. The van der Waals surface area contributed by atoms with E-state index in [-0.39, 0.29) is 18.4 Å². The fourth-order valence-corrected chi connectivity index (χ4v) is 1.89. The van der Waals surface area contributed by atoms with Crippen LogP contribution in [-0.2, 0) is 4.79 Å². The van der Waals surface area contributed by atoms with Gasteiger partial charge in [-0.15, -0.1) is 0 Å². The van der Waals surface area contributed by atoms with Crippen molar-refractivity contribution < 1.29 is 14.6 Å². The van der Waals surface area contributed by atoms with Crippen LogP contribution in [0.4, 0.5) is 5.69 Å². The summed E-state index contributed by atoms with van der Waals surface area (Å²) in [6.45, 7) is 0.821. The van der Waals surface area contributed by atoms with Crippen molar-refractivity contribution in [2.24, 2.45) is 5.92 Å². The fraction of sp³-hybridized carbons (Fsp3) is 0.533. The number of anilines is 1. The molecule has 110 valence electrons. The second-order valence-corrected chi connectivity index (χ2v) is 5.51. The maximum Gasteiger partial charge on any atom is 0.227 e. The molecule has 0 saturated heterocycles. The van der Waals surface area contributed by atoms with Gasteiger partial charge in [0.05, 0.1) is 0 Å². The van der Waals surface area contributed by atoms with E-state index < -0.39 is 6.10 Å². The lowest BCUT2D eigenvalue weighted by Gasteiger charge is -2.16. The molecule has 0 spiro atoms. The summed E-state index contributed by atoms with van der Waals surface area (Å²) in [6, 6.07) is 7.22. The lowest BCUT2D eigenvalue weighted by molar-refractivity contribution is -0.117. The lowest BCUT2D eigenvalue weighted by Crippen LogP contribution is -2.30. The number of hydrogen-bond acceptors (Lipinski definition) is 4. The molecule has 0 bridgehead atoms. The summed E-state index contributed by atoms with van der Waals surface area (Å²) in [6.07, 6.45) is 1.48. The number of benzene rings is 1. The van der Waals surface area contributed by atoms with Gasteiger partial charge < -0.3 is 20.1 Å². The summed E-state index contributed by atoms with van der Waals surface area (Å²) in [4.78, 5) is 13.5. The van der Waals surface area contributed by atoms with Gasteiger partial charge >= 0.3 is 0 Å². The minimum absolute atomic E-state index is 0.0973. The molecule has 5 heteroatoms. The number of ether oxygens (including phenoxy) is 1. The number of carbonyl (C=O) groups excluding carboxylic acids is 1. The van der Waals surface area contributed by atoms with Gasteiger partial charge in [-0.2, -0.15) is 0 Å². The maximum atomic E-state index is 11.6. The predicted molar refractivity (Wildman–Crippen MR) is 77.9 cm³/mol. The minimum Gasteiger partial charge on any atom is -0.491 e. The summed E-state index contributed by atoms with van der Waals surface area (Å²) >= 11 is 0. The molecule has 2 rings (SSSR count). The number of amides is 1. The van der Waals surface area contributed by atoms with Gasteiger partial charge in [-0.3, -0.25) is 4.79 Å². The molecule has 0 aromatic heterocycles. The van der Waals surface area contributed by atoms with Gasteiger partial charge in [0.25, 0.3) is 0 Å². The van der Waals surface area contributed by atoms with Gasteiger partial charge in [0.1, 0.15) is 18.5 Å². The molecule has 1 aromatic carbocycles. The smallest absolute Gasteiger partial charge is 0.227 e. The molecular weight excluding hydrogens is 256 g/mol. The minimum atomic E-state index is -0.515. The molecule has 0 heterocycles. The summed E-state index contributed by atoms with van der Waals surface area (Å²) < 4.78 is 5.50.